The van der Waals surface area contributed by atoms with Crippen LogP contribution in [0.5, 0.6) is 0 Å². The third-order valence-corrected chi connectivity index (χ3v) is 7.56. The van der Waals surface area contributed by atoms with Gasteiger partial charge in [-0.05, 0) is 31.4 Å². The predicted octanol–water partition coefficient (Wildman–Crippen LogP) is 9.25. The number of hydrogen-bond donors (Lipinski definition) is 0. The van der Waals surface area contributed by atoms with E-state index in [-0.39, 0.29) is 13.2 Å². The maximum Gasteiger partial charge on any atom is 0.419 e. The van der Waals surface area contributed by atoms with Gasteiger partial charge in [0, 0.05) is 6.54 Å². The number of benzene rings is 1. The zero-order chi connectivity index (χ0) is 28.5. The van der Waals surface area contributed by atoms with Crippen molar-refractivity contribution >= 4 is 11.9 Å². The average molecular weight is 558 g/mol. The summed E-state index contributed by atoms with van der Waals surface area (Å²) in [6.07, 6.45) is 15.9. The first-order chi connectivity index (χ1) is 18.8. The molecule has 0 spiro atoms. The van der Waals surface area contributed by atoms with Crippen LogP contribution in [0.1, 0.15) is 138 Å². The Morgan fingerprint density at radius 2 is 1.36 bits per heavy atom. The van der Waals surface area contributed by atoms with Crippen molar-refractivity contribution in [3.05, 3.63) is 35.1 Å². The molecule has 1 heterocycles. The van der Waals surface area contributed by atoms with Crippen LogP contribution in [0.15, 0.2) is 18.2 Å². The largest absolute Gasteiger partial charge is 0.464 e. The molecule has 1 fully saturated rings. The SMILES string of the molecule is CCCCCCCCCCCCCCCCCCOC(=O)C1CCCN1C(=O)c1cccc(C(F)(F)F)c1F. The lowest BCUT2D eigenvalue weighted by Gasteiger charge is -2.24. The molecule has 1 amide bonds. The van der Waals surface area contributed by atoms with Gasteiger partial charge >= 0.3 is 12.1 Å². The summed E-state index contributed by atoms with van der Waals surface area (Å²) in [5.41, 5.74) is -2.17. The molecule has 1 saturated heterocycles. The smallest absolute Gasteiger partial charge is 0.419 e. The van der Waals surface area contributed by atoms with Crippen LogP contribution in [0.2, 0.25) is 0 Å². The maximum absolute atomic E-state index is 14.4. The number of hydrogen-bond acceptors (Lipinski definition) is 3. The minimum absolute atomic E-state index is 0.174. The first-order valence-corrected chi connectivity index (χ1v) is 15.1. The molecular formula is C31H47F4NO3. The van der Waals surface area contributed by atoms with E-state index in [9.17, 15) is 27.2 Å². The Bertz CT molecular complexity index is 859. The van der Waals surface area contributed by atoms with Crippen LogP contribution in [0.3, 0.4) is 0 Å². The van der Waals surface area contributed by atoms with Crippen LogP contribution in [-0.4, -0.2) is 36.0 Å². The zero-order valence-corrected chi connectivity index (χ0v) is 23.6. The second-order valence-electron chi connectivity index (χ2n) is 10.8. The van der Waals surface area contributed by atoms with Crippen molar-refractivity contribution in [1.82, 2.24) is 4.90 Å². The van der Waals surface area contributed by atoms with Crippen LogP contribution in [0, 0.1) is 5.82 Å². The lowest BCUT2D eigenvalue weighted by atomic mass is 10.0. The second-order valence-corrected chi connectivity index (χ2v) is 10.8. The van der Waals surface area contributed by atoms with Gasteiger partial charge in [0.05, 0.1) is 17.7 Å². The lowest BCUT2D eigenvalue weighted by molar-refractivity contribution is -0.148. The van der Waals surface area contributed by atoms with Crippen LogP contribution < -0.4 is 0 Å². The van der Waals surface area contributed by atoms with Crippen LogP contribution >= 0.6 is 0 Å². The number of rotatable bonds is 19. The number of esters is 1. The quantitative estimate of drug-likeness (QED) is 0.0967. The zero-order valence-electron chi connectivity index (χ0n) is 23.6. The van der Waals surface area contributed by atoms with Crippen LogP contribution in [0.4, 0.5) is 17.6 Å². The van der Waals surface area contributed by atoms with E-state index < -0.39 is 41.0 Å². The molecular weight excluding hydrogens is 510 g/mol. The number of halogens is 4. The van der Waals surface area contributed by atoms with Gasteiger partial charge in [0.2, 0.25) is 0 Å². The Morgan fingerprint density at radius 3 is 1.87 bits per heavy atom. The molecule has 2 rings (SSSR count). The van der Waals surface area contributed by atoms with E-state index in [0.717, 1.165) is 36.3 Å². The summed E-state index contributed by atoms with van der Waals surface area (Å²) in [7, 11) is 0. The molecule has 0 radical (unpaired) electrons. The van der Waals surface area contributed by atoms with Gasteiger partial charge in [-0.3, -0.25) is 4.79 Å². The Kier molecular flexibility index (Phi) is 15.5. The normalized spacial score (nSPS) is 15.6. The van der Waals surface area contributed by atoms with E-state index in [4.69, 9.17) is 4.74 Å². The van der Waals surface area contributed by atoms with E-state index in [1.54, 1.807) is 0 Å². The third kappa shape index (κ3) is 11.9. The molecule has 0 saturated carbocycles. The summed E-state index contributed by atoms with van der Waals surface area (Å²) < 4.78 is 58.9. The number of amides is 1. The van der Waals surface area contributed by atoms with Crippen molar-refractivity contribution in [2.24, 2.45) is 0 Å². The highest BCUT2D eigenvalue weighted by Gasteiger charge is 2.39. The highest BCUT2D eigenvalue weighted by Crippen LogP contribution is 2.33. The summed E-state index contributed by atoms with van der Waals surface area (Å²) in [4.78, 5) is 26.5. The summed E-state index contributed by atoms with van der Waals surface area (Å²) >= 11 is 0. The standard InChI is InChI=1S/C31H47F4NO3/c1-2-3-4-5-6-7-8-9-10-11-12-13-14-15-16-17-24-39-30(38)27-22-19-23-36(27)29(37)25-20-18-21-26(28(25)32)31(33,34)35/h18,20-21,27H,2-17,19,22-24H2,1H3. The van der Waals surface area contributed by atoms with Crippen molar-refractivity contribution in [1.29, 1.82) is 0 Å². The summed E-state index contributed by atoms with van der Waals surface area (Å²) in [5.74, 6) is -3.10. The Morgan fingerprint density at radius 1 is 0.846 bits per heavy atom. The maximum atomic E-state index is 14.4. The Hall–Kier alpha value is -2.12. The Labute approximate surface area is 231 Å². The predicted molar refractivity (Wildman–Crippen MR) is 146 cm³/mol. The highest BCUT2D eigenvalue weighted by atomic mass is 19.4. The van der Waals surface area contributed by atoms with Gasteiger partial charge in [-0.1, -0.05) is 109 Å². The van der Waals surface area contributed by atoms with Crippen LogP contribution in [-0.2, 0) is 15.7 Å². The number of likely N-dealkylation sites (tertiary alicyclic amines) is 1. The summed E-state index contributed by atoms with van der Waals surface area (Å²) in [6, 6.07) is 1.72. The number of carbonyl (C=O) groups excluding carboxylic acids is 2. The fourth-order valence-electron chi connectivity index (χ4n) is 5.24. The van der Waals surface area contributed by atoms with Gasteiger partial charge in [0.1, 0.15) is 11.9 Å². The van der Waals surface area contributed by atoms with Gasteiger partial charge in [-0.2, -0.15) is 13.2 Å². The molecule has 222 valence electrons. The molecule has 1 unspecified atom stereocenters. The third-order valence-electron chi connectivity index (χ3n) is 7.56. The van der Waals surface area contributed by atoms with Crippen molar-refractivity contribution in [3.8, 4) is 0 Å². The van der Waals surface area contributed by atoms with Gasteiger partial charge in [-0.25, -0.2) is 9.18 Å². The van der Waals surface area contributed by atoms with Gasteiger partial charge in [-0.15, -0.1) is 0 Å². The van der Waals surface area contributed by atoms with Crippen molar-refractivity contribution in [3.63, 3.8) is 0 Å². The van der Waals surface area contributed by atoms with Gasteiger partial charge in [0.25, 0.3) is 5.91 Å². The van der Waals surface area contributed by atoms with E-state index in [0.29, 0.717) is 18.9 Å². The molecule has 0 bridgehead atoms. The molecule has 1 aromatic carbocycles. The van der Waals surface area contributed by atoms with Gasteiger partial charge in [0.15, 0.2) is 0 Å². The van der Waals surface area contributed by atoms with Crippen molar-refractivity contribution in [2.75, 3.05) is 13.2 Å². The fourth-order valence-corrected chi connectivity index (χ4v) is 5.24. The minimum Gasteiger partial charge on any atom is -0.464 e. The average Bonchev–Trinajstić information content (AvgIpc) is 3.39. The van der Waals surface area contributed by atoms with E-state index >= 15 is 0 Å². The van der Waals surface area contributed by atoms with Crippen molar-refractivity contribution in [2.45, 2.75) is 135 Å². The number of alkyl halides is 3. The number of ether oxygens (including phenoxy) is 1. The molecule has 8 heteroatoms. The van der Waals surface area contributed by atoms with E-state index in [2.05, 4.69) is 6.92 Å². The Balaban J connectivity index is 1.56. The molecule has 0 aromatic heterocycles. The number of carbonyl (C=O) groups is 2. The first kappa shape index (κ1) is 33.1. The summed E-state index contributed by atoms with van der Waals surface area (Å²) in [5, 5.41) is 0. The number of nitrogens with zero attached hydrogens (tertiary/aromatic N) is 1. The van der Waals surface area contributed by atoms with Crippen molar-refractivity contribution < 1.29 is 31.9 Å². The fraction of sp³-hybridized carbons (Fsp3) is 0.742. The molecule has 39 heavy (non-hydrogen) atoms. The second kappa shape index (κ2) is 18.3. The summed E-state index contributed by atoms with van der Waals surface area (Å²) in [6.45, 7) is 2.67. The van der Waals surface area contributed by atoms with E-state index in [1.165, 1.54) is 83.5 Å². The molecule has 1 aliphatic rings. The molecule has 1 aromatic rings. The molecule has 1 atom stereocenters. The molecule has 0 N–H and O–H groups in total. The molecule has 4 nitrogen and oxygen atoms in total. The monoisotopic (exact) mass is 557 g/mol. The van der Waals surface area contributed by atoms with E-state index in [1.807, 2.05) is 0 Å². The molecule has 1 aliphatic heterocycles. The number of unbranched alkanes of at least 4 members (excludes halogenated alkanes) is 15. The first-order valence-electron chi connectivity index (χ1n) is 15.1. The molecule has 0 aliphatic carbocycles. The van der Waals surface area contributed by atoms with Crippen LogP contribution in [0.25, 0.3) is 0 Å². The highest BCUT2D eigenvalue weighted by molar-refractivity contribution is 5.97. The topological polar surface area (TPSA) is 46.6 Å². The van der Waals surface area contributed by atoms with Gasteiger partial charge < -0.3 is 9.64 Å². The minimum atomic E-state index is -4.91. The lowest BCUT2D eigenvalue weighted by Crippen LogP contribution is -2.42.